The lowest BCUT2D eigenvalue weighted by Gasteiger charge is -2.30. The van der Waals surface area contributed by atoms with E-state index in [1.807, 2.05) is 51.1 Å². The number of ether oxygens (including phenoxy) is 2. The molecular weight excluding hydrogens is 468 g/mol. The van der Waals surface area contributed by atoms with Crippen molar-refractivity contribution in [1.29, 1.82) is 0 Å². The minimum absolute atomic E-state index is 0.0373. The van der Waals surface area contributed by atoms with Gasteiger partial charge in [0.15, 0.2) is 0 Å². The molecule has 0 aromatic heterocycles. The number of rotatable bonds is 11. The molecule has 0 radical (unpaired) electrons. The first-order valence-corrected chi connectivity index (χ1v) is 13.4. The molecule has 1 saturated heterocycles. The van der Waals surface area contributed by atoms with Crippen LogP contribution in [0, 0.1) is 12.8 Å². The molecule has 2 aromatic rings. The molecule has 0 aliphatic carbocycles. The molecule has 3 rings (SSSR count). The number of sulfonamides is 1. The molecule has 1 aliphatic rings. The second kappa shape index (κ2) is 12.5. The van der Waals surface area contributed by atoms with Crippen molar-refractivity contribution < 1.29 is 27.8 Å². The van der Waals surface area contributed by atoms with Crippen LogP contribution in [0.15, 0.2) is 59.5 Å². The molecule has 0 saturated carbocycles. The maximum absolute atomic E-state index is 13.4. The predicted octanol–water partition coefficient (Wildman–Crippen LogP) is 3.13. The molecule has 2 unspecified atom stereocenters. The first kappa shape index (κ1) is 27.1. The lowest BCUT2D eigenvalue weighted by atomic mass is 10.0. The monoisotopic (exact) mass is 504 g/mol. The Labute approximate surface area is 208 Å². The molecule has 1 heterocycles. The smallest absolute Gasteiger partial charge is 0.407 e. The van der Waals surface area contributed by atoms with Gasteiger partial charge in [-0.2, -0.15) is 4.31 Å². The molecule has 8 nitrogen and oxygen atoms in total. The molecular formula is C26H36N2O6S. The Morgan fingerprint density at radius 1 is 1.14 bits per heavy atom. The van der Waals surface area contributed by atoms with Crippen LogP contribution in [-0.2, 0) is 25.9 Å². The summed E-state index contributed by atoms with van der Waals surface area (Å²) in [5.74, 6) is 0.0373. The van der Waals surface area contributed by atoms with Gasteiger partial charge in [0.2, 0.25) is 10.0 Å². The van der Waals surface area contributed by atoms with E-state index in [9.17, 15) is 18.3 Å². The molecule has 0 bridgehead atoms. The van der Waals surface area contributed by atoms with Gasteiger partial charge in [-0.05, 0) is 37.0 Å². The van der Waals surface area contributed by atoms with Crippen molar-refractivity contribution in [2.75, 3.05) is 26.3 Å². The highest BCUT2D eigenvalue weighted by Crippen LogP contribution is 2.20. The first-order chi connectivity index (χ1) is 16.6. The van der Waals surface area contributed by atoms with Gasteiger partial charge >= 0.3 is 6.09 Å². The summed E-state index contributed by atoms with van der Waals surface area (Å²) in [5, 5.41) is 14.0. The molecule has 1 aliphatic heterocycles. The van der Waals surface area contributed by atoms with Gasteiger partial charge in [0.25, 0.3) is 0 Å². The minimum Gasteiger partial charge on any atom is -0.444 e. The van der Waals surface area contributed by atoms with Gasteiger partial charge in [0.05, 0.1) is 30.3 Å². The number of alkyl carbamates (subject to hydrolysis) is 1. The van der Waals surface area contributed by atoms with E-state index in [-0.39, 0.29) is 30.0 Å². The Hall–Kier alpha value is -2.46. The Morgan fingerprint density at radius 3 is 2.43 bits per heavy atom. The van der Waals surface area contributed by atoms with Crippen LogP contribution >= 0.6 is 0 Å². The van der Waals surface area contributed by atoms with E-state index in [0.717, 1.165) is 11.1 Å². The summed E-state index contributed by atoms with van der Waals surface area (Å²) in [7, 11) is -3.85. The number of aliphatic hydroxyl groups is 1. The average molecular weight is 505 g/mol. The quantitative estimate of drug-likeness (QED) is 0.487. The first-order valence-electron chi connectivity index (χ1n) is 12.0. The third-order valence-corrected chi connectivity index (χ3v) is 7.69. The van der Waals surface area contributed by atoms with Gasteiger partial charge < -0.3 is 19.9 Å². The van der Waals surface area contributed by atoms with Crippen molar-refractivity contribution in [2.24, 2.45) is 5.92 Å². The van der Waals surface area contributed by atoms with Crippen molar-refractivity contribution >= 4 is 16.1 Å². The number of nitrogens with zero attached hydrogens (tertiary/aromatic N) is 1. The molecule has 0 spiro atoms. The number of aliphatic hydroxyl groups excluding tert-OH is 1. The highest BCUT2D eigenvalue weighted by Gasteiger charge is 2.32. The van der Waals surface area contributed by atoms with Gasteiger partial charge in [-0.3, -0.25) is 0 Å². The molecule has 2 N–H and O–H groups in total. The van der Waals surface area contributed by atoms with Crippen molar-refractivity contribution in [1.82, 2.24) is 9.62 Å². The summed E-state index contributed by atoms with van der Waals surface area (Å²) in [6.07, 6.45) is -1.21. The zero-order chi connectivity index (χ0) is 25.4. The normalized spacial score (nSPS) is 17.9. The van der Waals surface area contributed by atoms with Crippen LogP contribution in [0.3, 0.4) is 0 Å². The number of carbonyl (C=O) groups is 1. The van der Waals surface area contributed by atoms with Gasteiger partial charge in [-0.25, -0.2) is 13.2 Å². The van der Waals surface area contributed by atoms with Crippen molar-refractivity contribution in [3.8, 4) is 0 Å². The van der Waals surface area contributed by atoms with Crippen LogP contribution in [0.4, 0.5) is 4.79 Å². The Bertz CT molecular complexity index is 1040. The van der Waals surface area contributed by atoms with Crippen LogP contribution in [0.1, 0.15) is 31.4 Å². The zero-order valence-corrected chi connectivity index (χ0v) is 21.4. The molecule has 192 valence electrons. The molecule has 1 amide bonds. The summed E-state index contributed by atoms with van der Waals surface area (Å²) in [6, 6.07) is 15.3. The molecule has 3 atom stereocenters. The van der Waals surface area contributed by atoms with Gasteiger partial charge in [0, 0.05) is 19.5 Å². The number of benzene rings is 2. The van der Waals surface area contributed by atoms with Crippen LogP contribution in [0.25, 0.3) is 0 Å². The second-order valence-corrected chi connectivity index (χ2v) is 11.4. The second-order valence-electron chi connectivity index (χ2n) is 9.43. The number of amides is 1. The number of carbonyl (C=O) groups excluding carboxylic acids is 1. The van der Waals surface area contributed by atoms with Crippen molar-refractivity contribution in [3.63, 3.8) is 0 Å². The van der Waals surface area contributed by atoms with E-state index in [2.05, 4.69) is 5.32 Å². The van der Waals surface area contributed by atoms with Crippen LogP contribution in [-0.4, -0.2) is 68.5 Å². The maximum atomic E-state index is 13.4. The summed E-state index contributed by atoms with van der Waals surface area (Å²) in [4.78, 5) is 12.8. The summed E-state index contributed by atoms with van der Waals surface area (Å²) >= 11 is 0. The lowest BCUT2D eigenvalue weighted by Crippen LogP contribution is -2.51. The van der Waals surface area contributed by atoms with E-state index in [0.29, 0.717) is 26.1 Å². The van der Waals surface area contributed by atoms with Gasteiger partial charge in [-0.1, -0.05) is 61.9 Å². The number of hydrogen-bond acceptors (Lipinski definition) is 6. The number of hydrogen-bond donors (Lipinski definition) is 2. The number of nitrogens with one attached hydrogen (secondary N) is 1. The summed E-state index contributed by atoms with van der Waals surface area (Å²) in [5.41, 5.74) is 1.86. The molecule has 2 aromatic carbocycles. The fourth-order valence-corrected chi connectivity index (χ4v) is 5.59. The zero-order valence-electron chi connectivity index (χ0n) is 20.6. The van der Waals surface area contributed by atoms with E-state index in [4.69, 9.17) is 9.47 Å². The average Bonchev–Trinajstić information content (AvgIpc) is 3.31. The van der Waals surface area contributed by atoms with Gasteiger partial charge in [0.1, 0.15) is 6.10 Å². The minimum atomic E-state index is -3.85. The molecule has 9 heteroatoms. The van der Waals surface area contributed by atoms with E-state index in [1.54, 1.807) is 24.3 Å². The standard InChI is InChI=1S/C26H36N2O6S/c1-19(2)16-28(35(31,32)23-11-9-20(3)10-12-23)17-25(29)24(15-21-7-5-4-6-8-21)27-26(30)34-22-13-14-33-18-22/h4-12,19,22,24-25,29H,13-18H2,1-3H3,(H,27,30)/t22?,24?,25-/m0/s1. The maximum Gasteiger partial charge on any atom is 0.407 e. The summed E-state index contributed by atoms with van der Waals surface area (Å²) < 4.78 is 38.9. The highest BCUT2D eigenvalue weighted by molar-refractivity contribution is 7.89. The Balaban J connectivity index is 1.80. The van der Waals surface area contributed by atoms with Crippen LogP contribution < -0.4 is 5.32 Å². The fourth-order valence-electron chi connectivity index (χ4n) is 3.97. The molecule has 1 fully saturated rings. The lowest BCUT2D eigenvalue weighted by molar-refractivity contribution is 0.0644. The predicted molar refractivity (Wildman–Crippen MR) is 134 cm³/mol. The van der Waals surface area contributed by atoms with E-state index in [1.165, 1.54) is 4.31 Å². The van der Waals surface area contributed by atoms with E-state index < -0.39 is 28.3 Å². The third-order valence-electron chi connectivity index (χ3n) is 5.85. The van der Waals surface area contributed by atoms with Crippen LogP contribution in [0.5, 0.6) is 0 Å². The van der Waals surface area contributed by atoms with Crippen LogP contribution in [0.2, 0.25) is 0 Å². The SMILES string of the molecule is Cc1ccc(S(=O)(=O)N(CC(C)C)C[C@H](O)C(Cc2ccccc2)NC(=O)OC2CCOC2)cc1. The van der Waals surface area contributed by atoms with Gasteiger partial charge in [-0.15, -0.1) is 0 Å². The third kappa shape index (κ3) is 8.03. The topological polar surface area (TPSA) is 105 Å². The Morgan fingerprint density at radius 2 is 1.83 bits per heavy atom. The summed E-state index contributed by atoms with van der Waals surface area (Å²) in [6.45, 7) is 6.68. The Kier molecular flexibility index (Phi) is 9.68. The fraction of sp³-hybridized carbons (Fsp3) is 0.500. The molecule has 35 heavy (non-hydrogen) atoms. The van der Waals surface area contributed by atoms with E-state index >= 15 is 0 Å². The van der Waals surface area contributed by atoms with Crippen molar-refractivity contribution in [2.45, 2.75) is 56.8 Å². The largest absolute Gasteiger partial charge is 0.444 e. The van der Waals surface area contributed by atoms with Crippen molar-refractivity contribution in [3.05, 3.63) is 65.7 Å². The number of aryl methyl sites for hydroxylation is 1. The highest BCUT2D eigenvalue weighted by atomic mass is 32.2.